The highest BCUT2D eigenvalue weighted by molar-refractivity contribution is 6.33. The maximum Gasteiger partial charge on any atom is 0.335 e. The van der Waals surface area contributed by atoms with Crippen LogP contribution in [0.25, 0.3) is 0 Å². The third-order valence-corrected chi connectivity index (χ3v) is 6.11. The predicted octanol–water partition coefficient (Wildman–Crippen LogP) is 1.63. The predicted molar refractivity (Wildman–Crippen MR) is 128 cm³/mol. The maximum atomic E-state index is 12.9. The fraction of sp³-hybridized carbons (Fsp3) is 0.435. The van der Waals surface area contributed by atoms with Crippen molar-refractivity contribution in [3.8, 4) is 5.88 Å². The molecule has 1 amide bonds. The number of methoxy groups -OCH3 is 2. The van der Waals surface area contributed by atoms with Crippen LogP contribution in [0.2, 0.25) is 5.02 Å². The minimum absolute atomic E-state index is 0.101. The minimum atomic E-state index is -0.931. The summed E-state index contributed by atoms with van der Waals surface area (Å²) in [4.78, 5) is 30.1. The van der Waals surface area contributed by atoms with E-state index in [0.29, 0.717) is 13.1 Å². The molecule has 10 nitrogen and oxygen atoms in total. The van der Waals surface area contributed by atoms with Crippen molar-refractivity contribution in [1.82, 2.24) is 20.5 Å². The van der Waals surface area contributed by atoms with E-state index in [1.54, 1.807) is 19.2 Å². The van der Waals surface area contributed by atoms with Crippen molar-refractivity contribution >= 4 is 29.3 Å². The van der Waals surface area contributed by atoms with E-state index in [0.717, 1.165) is 31.6 Å². The van der Waals surface area contributed by atoms with E-state index in [4.69, 9.17) is 31.9 Å². The molecule has 2 aromatic rings. The van der Waals surface area contributed by atoms with Crippen LogP contribution < -0.4 is 21.1 Å². The van der Waals surface area contributed by atoms with Gasteiger partial charge in [0.05, 0.1) is 29.8 Å². The van der Waals surface area contributed by atoms with Crippen LogP contribution in [0.15, 0.2) is 30.3 Å². The van der Waals surface area contributed by atoms with Crippen LogP contribution in [0.5, 0.6) is 5.88 Å². The molecule has 11 heteroatoms. The normalized spacial score (nSPS) is 18.4. The van der Waals surface area contributed by atoms with E-state index in [1.165, 1.54) is 13.2 Å². The lowest BCUT2D eigenvalue weighted by atomic mass is 10.0. The van der Waals surface area contributed by atoms with Crippen molar-refractivity contribution in [2.75, 3.05) is 46.1 Å². The summed E-state index contributed by atoms with van der Waals surface area (Å²) >= 11 is 6.04. The number of aromatic nitrogens is 1. The number of nitrogen functional groups attached to an aromatic ring is 1. The van der Waals surface area contributed by atoms with Gasteiger partial charge in [-0.05, 0) is 30.2 Å². The molecular formula is C23H30ClN5O5. The number of anilines is 1. The van der Waals surface area contributed by atoms with Gasteiger partial charge in [-0.25, -0.2) is 4.79 Å². The van der Waals surface area contributed by atoms with Crippen LogP contribution in [0.3, 0.4) is 0 Å². The highest BCUT2D eigenvalue weighted by atomic mass is 35.5. The van der Waals surface area contributed by atoms with Gasteiger partial charge in [0.1, 0.15) is 11.4 Å². The zero-order valence-corrected chi connectivity index (χ0v) is 20.0. The molecule has 0 saturated carbocycles. The summed E-state index contributed by atoms with van der Waals surface area (Å²) in [6, 6.07) is 8.11. The fourth-order valence-electron chi connectivity index (χ4n) is 3.87. The number of carboxylic acids is 1. The Morgan fingerprint density at radius 3 is 2.68 bits per heavy atom. The Morgan fingerprint density at radius 1 is 1.29 bits per heavy atom. The van der Waals surface area contributed by atoms with Crippen LogP contribution >= 0.6 is 11.6 Å². The molecule has 2 unspecified atom stereocenters. The van der Waals surface area contributed by atoms with E-state index in [9.17, 15) is 9.59 Å². The Balaban J connectivity index is 1.47. The molecule has 1 aliphatic rings. The number of nitrogens with two attached hydrogens (primary N) is 1. The third-order valence-electron chi connectivity index (χ3n) is 5.80. The molecular weight excluding hydrogens is 462 g/mol. The molecule has 2 heterocycles. The molecule has 5 N–H and O–H groups in total. The Morgan fingerprint density at radius 2 is 2.03 bits per heavy atom. The van der Waals surface area contributed by atoms with Crippen molar-refractivity contribution in [3.63, 3.8) is 0 Å². The van der Waals surface area contributed by atoms with E-state index in [-0.39, 0.29) is 45.9 Å². The minimum Gasteiger partial charge on any atom is -0.480 e. The Bertz CT molecular complexity index is 1000. The van der Waals surface area contributed by atoms with Gasteiger partial charge in [0, 0.05) is 39.8 Å². The number of pyridine rings is 1. The van der Waals surface area contributed by atoms with Gasteiger partial charge in [-0.1, -0.05) is 23.7 Å². The third kappa shape index (κ3) is 6.57. The first-order valence-corrected chi connectivity index (χ1v) is 11.3. The first-order valence-electron chi connectivity index (χ1n) is 10.9. The van der Waals surface area contributed by atoms with Gasteiger partial charge >= 0.3 is 5.97 Å². The van der Waals surface area contributed by atoms with Gasteiger partial charge in [0.25, 0.3) is 5.91 Å². The zero-order chi connectivity index (χ0) is 24.7. The molecule has 1 aromatic carbocycles. The number of hydrogen-bond acceptors (Lipinski definition) is 8. The molecule has 0 radical (unpaired) electrons. The summed E-state index contributed by atoms with van der Waals surface area (Å²) in [5, 5.41) is 15.5. The lowest BCUT2D eigenvalue weighted by molar-refractivity contribution is 0.00676. The van der Waals surface area contributed by atoms with Crippen LogP contribution in [0.4, 0.5) is 5.82 Å². The number of piperidine rings is 1. The van der Waals surface area contributed by atoms with Gasteiger partial charge < -0.3 is 30.9 Å². The highest BCUT2D eigenvalue weighted by Crippen LogP contribution is 2.25. The van der Waals surface area contributed by atoms with Crippen molar-refractivity contribution in [2.24, 2.45) is 0 Å². The second-order valence-corrected chi connectivity index (χ2v) is 8.44. The van der Waals surface area contributed by atoms with Gasteiger partial charge in [0.15, 0.2) is 0 Å². The lowest BCUT2D eigenvalue weighted by Crippen LogP contribution is -2.55. The molecule has 1 aromatic heterocycles. The molecule has 0 spiro atoms. The van der Waals surface area contributed by atoms with Crippen molar-refractivity contribution < 1.29 is 24.2 Å². The average Bonchev–Trinajstić information content (AvgIpc) is 2.84. The standard InChI is InChI=1S/C23H30ClN5O5/c1-33-19-13-29(10-8-26-12-14-3-5-15(6-4-14)23(31)32)9-7-18(19)27-21(30)16-11-17(24)20(25)28-22(16)34-2/h3-6,11,18-19,26H,7-10,12-13H2,1-2H3,(H2,25,28)(H,27,30)(H,31,32). The van der Waals surface area contributed by atoms with E-state index in [2.05, 4.69) is 20.5 Å². The van der Waals surface area contributed by atoms with Crippen LogP contribution in [-0.4, -0.2) is 79.4 Å². The van der Waals surface area contributed by atoms with Crippen LogP contribution in [0.1, 0.15) is 32.7 Å². The number of halogens is 1. The number of rotatable bonds is 10. The van der Waals surface area contributed by atoms with Gasteiger partial charge in [-0.3, -0.25) is 9.69 Å². The van der Waals surface area contributed by atoms with Crippen molar-refractivity contribution in [1.29, 1.82) is 0 Å². The second-order valence-electron chi connectivity index (χ2n) is 8.03. The Hall–Kier alpha value is -2.92. The number of nitrogens with zero attached hydrogens (tertiary/aromatic N) is 2. The monoisotopic (exact) mass is 491 g/mol. The smallest absolute Gasteiger partial charge is 0.335 e. The molecule has 2 atom stereocenters. The quantitative estimate of drug-likeness (QED) is 0.365. The Labute approximate surface area is 203 Å². The number of ether oxygens (including phenoxy) is 2. The van der Waals surface area contributed by atoms with E-state index in [1.807, 2.05) is 12.1 Å². The Kier molecular flexibility index (Phi) is 9.05. The first-order chi connectivity index (χ1) is 16.3. The summed E-state index contributed by atoms with van der Waals surface area (Å²) in [5.41, 5.74) is 7.22. The van der Waals surface area contributed by atoms with Crippen molar-refractivity contribution in [3.05, 3.63) is 52.0 Å². The first kappa shape index (κ1) is 25.7. The number of nitrogens with one attached hydrogen (secondary N) is 2. The van der Waals surface area contributed by atoms with Gasteiger partial charge in [-0.2, -0.15) is 4.98 Å². The molecule has 1 fully saturated rings. The molecule has 184 valence electrons. The van der Waals surface area contributed by atoms with E-state index < -0.39 is 5.97 Å². The molecule has 0 bridgehead atoms. The summed E-state index contributed by atoms with van der Waals surface area (Å²) in [5.74, 6) is -1.05. The fourth-order valence-corrected chi connectivity index (χ4v) is 4.02. The largest absolute Gasteiger partial charge is 0.480 e. The molecule has 1 aliphatic heterocycles. The van der Waals surface area contributed by atoms with Gasteiger partial charge in [-0.15, -0.1) is 0 Å². The van der Waals surface area contributed by atoms with Crippen molar-refractivity contribution in [2.45, 2.75) is 25.1 Å². The summed E-state index contributed by atoms with van der Waals surface area (Å²) < 4.78 is 10.8. The lowest BCUT2D eigenvalue weighted by Gasteiger charge is -2.38. The number of likely N-dealkylation sites (tertiary alicyclic amines) is 1. The number of carboxylic acid groups (broad SMARTS) is 1. The van der Waals surface area contributed by atoms with Gasteiger partial charge in [0.2, 0.25) is 5.88 Å². The average molecular weight is 492 g/mol. The summed E-state index contributed by atoms with van der Waals surface area (Å²) in [6.45, 7) is 3.71. The molecule has 0 aliphatic carbocycles. The molecule has 1 saturated heterocycles. The topological polar surface area (TPSA) is 139 Å². The number of amides is 1. The number of hydrogen-bond donors (Lipinski definition) is 4. The van der Waals surface area contributed by atoms with Crippen LogP contribution in [-0.2, 0) is 11.3 Å². The maximum absolute atomic E-state index is 12.9. The second kappa shape index (κ2) is 12.0. The van der Waals surface area contributed by atoms with Crippen LogP contribution in [0, 0.1) is 0 Å². The summed E-state index contributed by atoms with van der Waals surface area (Å²) in [7, 11) is 3.05. The molecule has 3 rings (SSSR count). The van der Waals surface area contributed by atoms with E-state index >= 15 is 0 Å². The highest BCUT2D eigenvalue weighted by Gasteiger charge is 2.31. The number of aromatic carboxylic acids is 1. The number of benzene rings is 1. The SMILES string of the molecule is COc1nc(N)c(Cl)cc1C(=O)NC1CCN(CCNCc2ccc(C(=O)O)cc2)CC1OC. The number of carbonyl (C=O) groups is 2. The number of carbonyl (C=O) groups excluding carboxylic acids is 1. The summed E-state index contributed by atoms with van der Waals surface area (Å²) in [6.07, 6.45) is 0.545. The molecule has 34 heavy (non-hydrogen) atoms. The zero-order valence-electron chi connectivity index (χ0n) is 19.2.